The van der Waals surface area contributed by atoms with Crippen molar-refractivity contribution in [3.05, 3.63) is 48.2 Å². The smallest absolute Gasteiger partial charge is 0.307 e. The predicted molar refractivity (Wildman–Crippen MR) is 97.0 cm³/mol. The number of aromatic nitrogens is 3. The number of aliphatic carboxylic acids is 1. The molecule has 0 atom stereocenters. The Morgan fingerprint density at radius 1 is 1.16 bits per heavy atom. The minimum Gasteiger partial charge on any atom is -0.481 e. The molecule has 124 valence electrons. The molecule has 2 aromatic heterocycles. The Hall–Kier alpha value is -3.61. The van der Waals surface area contributed by atoms with Crippen LogP contribution in [0.2, 0.25) is 0 Å². The van der Waals surface area contributed by atoms with Gasteiger partial charge in [0, 0.05) is 17.1 Å². The molecule has 25 heavy (non-hydrogen) atoms. The lowest BCUT2D eigenvalue weighted by atomic mass is 9.98. The van der Waals surface area contributed by atoms with Crippen molar-refractivity contribution in [2.45, 2.75) is 6.42 Å². The van der Waals surface area contributed by atoms with E-state index in [4.69, 9.17) is 16.6 Å². The summed E-state index contributed by atoms with van der Waals surface area (Å²) in [5.41, 5.74) is 15.8. The maximum absolute atomic E-state index is 11.0. The topological polar surface area (TPSA) is 131 Å². The fraction of sp³-hybridized carbons (Fsp3) is 0.0556. The summed E-state index contributed by atoms with van der Waals surface area (Å²) < 4.78 is 0. The number of benzene rings is 2. The highest BCUT2D eigenvalue weighted by atomic mass is 16.4. The molecular formula is C18H15N5O2. The van der Waals surface area contributed by atoms with Crippen LogP contribution in [0.1, 0.15) is 5.56 Å². The third-order valence-electron chi connectivity index (χ3n) is 4.14. The zero-order valence-corrected chi connectivity index (χ0v) is 13.2. The van der Waals surface area contributed by atoms with Crippen LogP contribution >= 0.6 is 0 Å². The van der Waals surface area contributed by atoms with Crippen molar-refractivity contribution < 1.29 is 9.90 Å². The van der Waals surface area contributed by atoms with Crippen molar-refractivity contribution in [1.82, 2.24) is 15.0 Å². The monoisotopic (exact) mass is 333 g/mol. The second-order valence-electron chi connectivity index (χ2n) is 5.82. The molecule has 4 rings (SSSR count). The van der Waals surface area contributed by atoms with Crippen LogP contribution in [-0.4, -0.2) is 26.0 Å². The molecule has 0 radical (unpaired) electrons. The Morgan fingerprint density at radius 3 is 2.80 bits per heavy atom. The van der Waals surface area contributed by atoms with E-state index < -0.39 is 5.97 Å². The first-order valence-corrected chi connectivity index (χ1v) is 7.67. The molecule has 0 saturated heterocycles. The highest BCUT2D eigenvalue weighted by molar-refractivity contribution is 6.15. The van der Waals surface area contributed by atoms with Gasteiger partial charge in [0.1, 0.15) is 5.82 Å². The summed E-state index contributed by atoms with van der Waals surface area (Å²) >= 11 is 0. The second-order valence-corrected chi connectivity index (χ2v) is 5.82. The molecule has 0 spiro atoms. The summed E-state index contributed by atoms with van der Waals surface area (Å²) in [7, 11) is 0. The minimum atomic E-state index is -0.867. The summed E-state index contributed by atoms with van der Waals surface area (Å²) in [4.78, 5) is 22.6. The van der Waals surface area contributed by atoms with Gasteiger partial charge in [-0.1, -0.05) is 24.3 Å². The molecule has 4 aromatic rings. The fourth-order valence-corrected chi connectivity index (χ4v) is 3.16. The number of nitrogens with two attached hydrogens (primary N) is 2. The van der Waals surface area contributed by atoms with Gasteiger partial charge in [-0.05, 0) is 23.3 Å². The zero-order valence-electron chi connectivity index (χ0n) is 13.2. The summed E-state index contributed by atoms with van der Waals surface area (Å²) in [5, 5.41) is 10.7. The van der Waals surface area contributed by atoms with Gasteiger partial charge in [-0.3, -0.25) is 4.79 Å². The lowest BCUT2D eigenvalue weighted by Crippen LogP contribution is -2.01. The van der Waals surface area contributed by atoms with E-state index >= 15 is 0 Å². The Morgan fingerprint density at radius 2 is 2.00 bits per heavy atom. The Balaban J connectivity index is 2.01. The number of fused-ring (bicyclic) bond motifs is 3. The van der Waals surface area contributed by atoms with E-state index in [0.717, 1.165) is 33.0 Å². The molecule has 0 fully saturated rings. The van der Waals surface area contributed by atoms with Gasteiger partial charge in [0.2, 0.25) is 5.95 Å². The van der Waals surface area contributed by atoms with Crippen LogP contribution in [0.4, 0.5) is 11.8 Å². The van der Waals surface area contributed by atoms with Gasteiger partial charge in [0.05, 0.1) is 22.8 Å². The fourth-order valence-electron chi connectivity index (χ4n) is 3.16. The first-order chi connectivity index (χ1) is 12.0. The van der Waals surface area contributed by atoms with Gasteiger partial charge >= 0.3 is 5.97 Å². The van der Waals surface area contributed by atoms with Crippen LogP contribution in [0.5, 0.6) is 0 Å². The van der Waals surface area contributed by atoms with Gasteiger partial charge in [0.25, 0.3) is 0 Å². The van der Waals surface area contributed by atoms with Crippen LogP contribution < -0.4 is 11.5 Å². The molecule has 6 N–H and O–H groups in total. The van der Waals surface area contributed by atoms with Crippen LogP contribution in [0.25, 0.3) is 32.9 Å². The summed E-state index contributed by atoms with van der Waals surface area (Å²) in [6.45, 7) is 0. The van der Waals surface area contributed by atoms with Crippen LogP contribution in [-0.2, 0) is 11.2 Å². The Labute approximate surface area is 142 Å². The maximum atomic E-state index is 11.0. The molecule has 0 bridgehead atoms. The van der Waals surface area contributed by atoms with Crippen LogP contribution in [0.15, 0.2) is 42.6 Å². The van der Waals surface area contributed by atoms with E-state index in [1.54, 1.807) is 6.07 Å². The van der Waals surface area contributed by atoms with E-state index in [1.807, 2.05) is 36.5 Å². The molecule has 7 nitrogen and oxygen atoms in total. The van der Waals surface area contributed by atoms with E-state index in [2.05, 4.69) is 15.0 Å². The first-order valence-electron chi connectivity index (χ1n) is 7.67. The molecule has 0 aliphatic rings. The van der Waals surface area contributed by atoms with Crippen molar-refractivity contribution in [2.24, 2.45) is 0 Å². The number of nitrogens with zero attached hydrogens (tertiary/aromatic N) is 2. The first kappa shape index (κ1) is 14.9. The number of carboxylic acid groups (broad SMARTS) is 1. The lowest BCUT2D eigenvalue weighted by molar-refractivity contribution is -0.136. The van der Waals surface area contributed by atoms with Crippen molar-refractivity contribution >= 4 is 39.5 Å². The van der Waals surface area contributed by atoms with Crippen molar-refractivity contribution in [2.75, 3.05) is 11.5 Å². The number of rotatable bonds is 3. The largest absolute Gasteiger partial charge is 0.481 e. The van der Waals surface area contributed by atoms with Crippen molar-refractivity contribution in [1.29, 1.82) is 0 Å². The third-order valence-corrected chi connectivity index (χ3v) is 4.14. The van der Waals surface area contributed by atoms with Crippen LogP contribution in [0.3, 0.4) is 0 Å². The predicted octanol–water partition coefficient (Wildman–Crippen LogP) is 2.57. The number of nitrogens with one attached hydrogen (secondary N) is 1. The third kappa shape index (κ3) is 2.51. The summed E-state index contributed by atoms with van der Waals surface area (Å²) in [6, 6.07) is 11.2. The lowest BCUT2D eigenvalue weighted by Gasteiger charge is -2.10. The quantitative estimate of drug-likeness (QED) is 0.456. The number of anilines is 2. The molecule has 2 heterocycles. The van der Waals surface area contributed by atoms with E-state index in [1.165, 1.54) is 0 Å². The number of aromatic amines is 1. The summed E-state index contributed by atoms with van der Waals surface area (Å²) in [5.74, 6) is -0.419. The normalized spacial score (nSPS) is 11.2. The van der Waals surface area contributed by atoms with Gasteiger partial charge in [-0.25, -0.2) is 4.98 Å². The number of nitrogen functional groups attached to an aromatic ring is 2. The summed E-state index contributed by atoms with van der Waals surface area (Å²) in [6.07, 6.45) is 1.79. The van der Waals surface area contributed by atoms with E-state index in [9.17, 15) is 4.79 Å². The molecule has 0 aliphatic heterocycles. The molecule has 0 unspecified atom stereocenters. The van der Waals surface area contributed by atoms with Crippen molar-refractivity contribution in [3.8, 4) is 11.1 Å². The standard InChI is InChI=1S/C18H15N5O2/c19-17-15-11-4-5-21-16(11)12(8-13(15)22-18(20)23-17)10-3-1-2-9(6-10)7-14(24)25/h1-6,8,21H,7H2,(H,24,25)(H4,19,20,22,23). The maximum Gasteiger partial charge on any atom is 0.307 e. The number of carbonyl (C=O) groups is 1. The van der Waals surface area contributed by atoms with Gasteiger partial charge in [-0.2, -0.15) is 4.98 Å². The van der Waals surface area contributed by atoms with Gasteiger partial charge in [0.15, 0.2) is 0 Å². The highest BCUT2D eigenvalue weighted by Crippen LogP contribution is 2.35. The second kappa shape index (κ2) is 5.48. The highest BCUT2D eigenvalue weighted by Gasteiger charge is 2.14. The zero-order chi connectivity index (χ0) is 17.6. The average Bonchev–Trinajstić information content (AvgIpc) is 3.02. The van der Waals surface area contributed by atoms with Gasteiger partial charge in [-0.15, -0.1) is 0 Å². The van der Waals surface area contributed by atoms with Crippen LogP contribution in [0, 0.1) is 0 Å². The number of carboxylic acids is 1. The Bertz CT molecular complexity index is 1130. The molecule has 0 amide bonds. The number of hydrogen-bond donors (Lipinski definition) is 4. The molecule has 0 saturated carbocycles. The van der Waals surface area contributed by atoms with Crippen molar-refractivity contribution in [3.63, 3.8) is 0 Å². The van der Waals surface area contributed by atoms with Gasteiger partial charge < -0.3 is 21.6 Å². The number of H-pyrrole nitrogens is 1. The van der Waals surface area contributed by atoms with E-state index in [0.29, 0.717) is 11.3 Å². The average molecular weight is 333 g/mol. The molecule has 2 aromatic carbocycles. The molecule has 7 heteroatoms. The molecule has 0 aliphatic carbocycles. The number of hydrogen-bond acceptors (Lipinski definition) is 5. The molecular weight excluding hydrogens is 318 g/mol. The SMILES string of the molecule is Nc1nc(N)c2c(cc(-c3cccc(CC(=O)O)c3)c3[nH]ccc32)n1. The Kier molecular flexibility index (Phi) is 3.28. The van der Waals surface area contributed by atoms with E-state index in [-0.39, 0.29) is 12.4 Å². The minimum absolute atomic E-state index is 0.0304.